The van der Waals surface area contributed by atoms with E-state index in [1.807, 2.05) is 12.1 Å². The Labute approximate surface area is 199 Å². The number of aromatic nitrogens is 6. The maximum Gasteiger partial charge on any atom is 0.420 e. The van der Waals surface area contributed by atoms with E-state index in [0.29, 0.717) is 0 Å². The number of nitriles is 2. The Kier molecular flexibility index (Phi) is 5.94. The van der Waals surface area contributed by atoms with Gasteiger partial charge in [-0.05, 0) is 24.3 Å². The van der Waals surface area contributed by atoms with Crippen LogP contribution < -0.4 is 5.32 Å². The Morgan fingerprint density at radius 2 is 1.86 bits per heavy atom. The molecule has 174 valence electrons. The average molecular weight is 498 g/mol. The van der Waals surface area contributed by atoms with Crippen LogP contribution in [0.25, 0.3) is 17.1 Å². The quantitative estimate of drug-likeness (QED) is 0.453. The number of alkyl halides is 3. The molecule has 0 saturated heterocycles. The zero-order valence-electron chi connectivity index (χ0n) is 17.5. The molecule has 3 aromatic heterocycles. The van der Waals surface area contributed by atoms with Gasteiger partial charge in [0.05, 0.1) is 40.9 Å². The molecule has 4 rings (SSSR count). The number of halogens is 4. The summed E-state index contributed by atoms with van der Waals surface area (Å²) in [7, 11) is 1.18. The van der Waals surface area contributed by atoms with E-state index >= 15 is 0 Å². The first kappa shape index (κ1) is 23.4. The average Bonchev–Trinajstić information content (AvgIpc) is 3.46. The topological polar surface area (TPSA) is 138 Å². The van der Waals surface area contributed by atoms with Crippen LogP contribution in [-0.4, -0.2) is 35.7 Å². The largest absolute Gasteiger partial charge is 0.420 e. The summed E-state index contributed by atoms with van der Waals surface area (Å²) in [6, 6.07) is 8.67. The number of amides is 1. The van der Waals surface area contributed by atoms with Crippen molar-refractivity contribution in [3.8, 4) is 29.2 Å². The molecular formula is C21H11ClF3N9O. The van der Waals surface area contributed by atoms with E-state index in [1.165, 1.54) is 43.7 Å². The minimum atomic E-state index is -4.97. The fourth-order valence-electron chi connectivity index (χ4n) is 3.30. The molecule has 0 unspecified atom stereocenters. The van der Waals surface area contributed by atoms with Gasteiger partial charge in [-0.3, -0.25) is 9.48 Å². The number of hydrogen-bond acceptors (Lipinski definition) is 7. The molecule has 0 atom stereocenters. The highest BCUT2D eigenvalue weighted by atomic mass is 35.5. The Morgan fingerprint density at radius 3 is 2.46 bits per heavy atom. The van der Waals surface area contributed by atoms with Crippen molar-refractivity contribution in [3.63, 3.8) is 0 Å². The lowest BCUT2D eigenvalue weighted by Gasteiger charge is -2.12. The van der Waals surface area contributed by atoms with Crippen LogP contribution in [0.5, 0.6) is 0 Å². The van der Waals surface area contributed by atoms with Gasteiger partial charge in [0.2, 0.25) is 0 Å². The summed E-state index contributed by atoms with van der Waals surface area (Å²) >= 11 is 6.11. The van der Waals surface area contributed by atoms with Crippen molar-refractivity contribution in [1.82, 2.24) is 29.8 Å². The molecule has 0 aliphatic rings. The summed E-state index contributed by atoms with van der Waals surface area (Å²) in [5.41, 5.74) is -2.68. The monoisotopic (exact) mass is 497 g/mol. The van der Waals surface area contributed by atoms with Gasteiger partial charge < -0.3 is 5.32 Å². The number of carbonyl (C=O) groups is 1. The van der Waals surface area contributed by atoms with Gasteiger partial charge in [0.15, 0.2) is 5.82 Å². The van der Waals surface area contributed by atoms with Crippen LogP contribution in [0.15, 0.2) is 42.9 Å². The van der Waals surface area contributed by atoms with Crippen LogP contribution in [0.1, 0.15) is 27.2 Å². The Hall–Kier alpha value is -4.75. The molecule has 14 heteroatoms. The number of nitrogens with zero attached hydrogens (tertiary/aromatic N) is 8. The molecule has 0 spiro atoms. The molecule has 1 aromatic carbocycles. The Morgan fingerprint density at radius 1 is 1.14 bits per heavy atom. The predicted molar refractivity (Wildman–Crippen MR) is 115 cm³/mol. The molecule has 4 aromatic rings. The van der Waals surface area contributed by atoms with Crippen LogP contribution in [0.3, 0.4) is 0 Å². The fourth-order valence-corrected chi connectivity index (χ4v) is 3.57. The standard InChI is InChI=1S/C21H11ClF3N9O/c1-33-18(16(21(23,24)25)17(32-33)14-3-2-11(8-26)6-15(14)22)20(35)31-13-7-12(9-27)19(28-10-13)34-29-4-5-30-34/h2-7,10H,1H3,(H,31,35). The Bertz CT molecular complexity index is 1530. The highest BCUT2D eigenvalue weighted by molar-refractivity contribution is 6.33. The second kappa shape index (κ2) is 8.89. The molecule has 0 fully saturated rings. The van der Waals surface area contributed by atoms with E-state index in [9.17, 15) is 23.2 Å². The zero-order chi connectivity index (χ0) is 25.3. The van der Waals surface area contributed by atoms with Crippen LogP contribution in [0.4, 0.5) is 18.9 Å². The second-order valence-electron chi connectivity index (χ2n) is 6.98. The van der Waals surface area contributed by atoms with Crippen molar-refractivity contribution >= 4 is 23.2 Å². The molecule has 10 nitrogen and oxygen atoms in total. The van der Waals surface area contributed by atoms with Crippen molar-refractivity contribution in [3.05, 3.63) is 70.3 Å². The summed E-state index contributed by atoms with van der Waals surface area (Å²) in [5.74, 6) is -1.07. The first-order valence-corrected chi connectivity index (χ1v) is 9.94. The highest BCUT2D eigenvalue weighted by Gasteiger charge is 2.42. The van der Waals surface area contributed by atoms with Gasteiger partial charge in [0.25, 0.3) is 5.91 Å². The first-order valence-electron chi connectivity index (χ1n) is 9.56. The van der Waals surface area contributed by atoms with E-state index in [1.54, 1.807) is 0 Å². The van der Waals surface area contributed by atoms with E-state index in [4.69, 9.17) is 16.9 Å². The summed E-state index contributed by atoms with van der Waals surface area (Å²) in [4.78, 5) is 18.1. The summed E-state index contributed by atoms with van der Waals surface area (Å²) in [5, 5.41) is 32.2. The third-order valence-electron chi connectivity index (χ3n) is 4.75. The highest BCUT2D eigenvalue weighted by Crippen LogP contribution is 2.41. The lowest BCUT2D eigenvalue weighted by molar-refractivity contribution is -0.137. The van der Waals surface area contributed by atoms with Crippen LogP contribution in [0.2, 0.25) is 5.02 Å². The number of anilines is 1. The number of benzene rings is 1. The van der Waals surface area contributed by atoms with Crippen LogP contribution >= 0.6 is 11.6 Å². The number of aryl methyl sites for hydroxylation is 1. The van der Waals surface area contributed by atoms with Gasteiger partial charge in [-0.2, -0.15) is 39.0 Å². The van der Waals surface area contributed by atoms with E-state index in [0.717, 1.165) is 15.7 Å². The van der Waals surface area contributed by atoms with Crippen molar-refractivity contribution in [2.24, 2.45) is 7.05 Å². The molecular weight excluding hydrogens is 487 g/mol. The van der Waals surface area contributed by atoms with Gasteiger partial charge in [0, 0.05) is 12.6 Å². The normalized spacial score (nSPS) is 11.1. The molecule has 0 saturated carbocycles. The molecule has 3 heterocycles. The summed E-state index contributed by atoms with van der Waals surface area (Å²) < 4.78 is 43.1. The van der Waals surface area contributed by atoms with Crippen LogP contribution in [-0.2, 0) is 13.2 Å². The molecule has 0 aliphatic heterocycles. The second-order valence-corrected chi connectivity index (χ2v) is 7.39. The minimum absolute atomic E-state index is 0.0231. The van der Waals surface area contributed by atoms with E-state index < -0.39 is 29.0 Å². The maximum atomic E-state index is 14.1. The lowest BCUT2D eigenvalue weighted by Crippen LogP contribution is -2.21. The van der Waals surface area contributed by atoms with Gasteiger partial charge in [0.1, 0.15) is 28.6 Å². The number of carbonyl (C=O) groups excluding carboxylic acids is 1. The Balaban J connectivity index is 1.76. The molecule has 1 N–H and O–H groups in total. The first-order chi connectivity index (χ1) is 16.6. The maximum absolute atomic E-state index is 14.1. The van der Waals surface area contributed by atoms with Crippen molar-refractivity contribution in [1.29, 1.82) is 10.5 Å². The van der Waals surface area contributed by atoms with E-state index in [2.05, 4.69) is 25.6 Å². The molecule has 35 heavy (non-hydrogen) atoms. The van der Waals surface area contributed by atoms with Crippen molar-refractivity contribution < 1.29 is 18.0 Å². The van der Waals surface area contributed by atoms with Gasteiger partial charge in [-0.15, -0.1) is 4.80 Å². The molecule has 0 aliphatic carbocycles. The predicted octanol–water partition coefficient (Wildman–Crippen LogP) is 3.73. The number of hydrogen-bond donors (Lipinski definition) is 1. The SMILES string of the molecule is Cn1nc(-c2ccc(C#N)cc2Cl)c(C(F)(F)F)c1C(=O)Nc1cnc(-n2nccn2)c(C#N)c1. The zero-order valence-corrected chi connectivity index (χ0v) is 18.3. The molecule has 0 bridgehead atoms. The number of nitrogens with one attached hydrogen (secondary N) is 1. The molecule has 0 radical (unpaired) electrons. The van der Waals surface area contributed by atoms with Gasteiger partial charge in [-0.25, -0.2) is 4.98 Å². The van der Waals surface area contributed by atoms with Gasteiger partial charge in [-0.1, -0.05) is 11.6 Å². The van der Waals surface area contributed by atoms with Crippen molar-refractivity contribution in [2.45, 2.75) is 6.18 Å². The minimum Gasteiger partial charge on any atom is -0.319 e. The fraction of sp³-hybridized carbons (Fsp3) is 0.0952. The smallest absolute Gasteiger partial charge is 0.319 e. The third kappa shape index (κ3) is 4.40. The summed E-state index contributed by atoms with van der Waals surface area (Å²) in [6.45, 7) is 0. The summed E-state index contributed by atoms with van der Waals surface area (Å²) in [6.07, 6.45) is -1.08. The van der Waals surface area contributed by atoms with Crippen molar-refractivity contribution in [2.75, 3.05) is 5.32 Å². The van der Waals surface area contributed by atoms with E-state index in [-0.39, 0.29) is 33.2 Å². The third-order valence-corrected chi connectivity index (χ3v) is 5.06. The van der Waals surface area contributed by atoms with Crippen LogP contribution in [0, 0.1) is 22.7 Å². The molecule has 1 amide bonds. The number of rotatable bonds is 4. The number of pyridine rings is 1. The van der Waals surface area contributed by atoms with Gasteiger partial charge >= 0.3 is 6.18 Å². The lowest BCUT2D eigenvalue weighted by atomic mass is 10.0.